The normalized spacial score (nSPS) is 25.3. The lowest BCUT2D eigenvalue weighted by Gasteiger charge is -2.37. The molecule has 0 N–H and O–H groups in total. The maximum Gasteiger partial charge on any atom is 0.254 e. The zero-order valence-electron chi connectivity index (χ0n) is 15.4. The molecule has 0 saturated carbocycles. The van der Waals surface area contributed by atoms with Crippen LogP contribution < -0.4 is 4.90 Å². The summed E-state index contributed by atoms with van der Waals surface area (Å²) in [5.74, 6) is -0.436. The molecule has 3 rings (SSSR count). The number of morpholine rings is 1. The Labute approximate surface area is 149 Å². The van der Waals surface area contributed by atoms with E-state index in [1.807, 2.05) is 13.8 Å². The third-order valence-corrected chi connectivity index (χ3v) is 5.22. The van der Waals surface area contributed by atoms with Crippen LogP contribution in [0.1, 0.15) is 31.1 Å². The highest BCUT2D eigenvalue weighted by Crippen LogP contribution is 2.24. The molecule has 0 radical (unpaired) electrons. The van der Waals surface area contributed by atoms with Gasteiger partial charge in [0.15, 0.2) is 0 Å². The number of rotatable bonds is 3. The van der Waals surface area contributed by atoms with Gasteiger partial charge >= 0.3 is 0 Å². The number of halogens is 1. The number of nitrogens with zero attached hydrogens (tertiary/aromatic N) is 3. The van der Waals surface area contributed by atoms with Crippen LogP contribution in [-0.2, 0) is 4.74 Å². The maximum absolute atomic E-state index is 14.7. The van der Waals surface area contributed by atoms with Gasteiger partial charge in [0.25, 0.3) is 5.91 Å². The lowest BCUT2D eigenvalue weighted by Crippen LogP contribution is -2.50. The summed E-state index contributed by atoms with van der Waals surface area (Å²) < 4.78 is 20.2. The van der Waals surface area contributed by atoms with E-state index in [1.54, 1.807) is 17.0 Å². The number of carbonyl (C=O) groups is 1. The summed E-state index contributed by atoms with van der Waals surface area (Å²) >= 11 is 0. The fourth-order valence-electron chi connectivity index (χ4n) is 3.55. The van der Waals surface area contributed by atoms with Crippen molar-refractivity contribution in [3.8, 4) is 0 Å². The van der Waals surface area contributed by atoms with Crippen LogP contribution in [-0.4, -0.2) is 73.7 Å². The Morgan fingerprint density at radius 1 is 1.24 bits per heavy atom. The average Bonchev–Trinajstić information content (AvgIpc) is 2.63. The van der Waals surface area contributed by atoms with Crippen molar-refractivity contribution in [3.63, 3.8) is 0 Å². The topological polar surface area (TPSA) is 36.0 Å². The first-order valence-corrected chi connectivity index (χ1v) is 9.19. The molecule has 1 aromatic rings. The van der Waals surface area contributed by atoms with E-state index >= 15 is 0 Å². The lowest BCUT2D eigenvalue weighted by atomic mass is 10.1. The van der Waals surface area contributed by atoms with Crippen LogP contribution >= 0.6 is 0 Å². The van der Waals surface area contributed by atoms with Gasteiger partial charge < -0.3 is 19.4 Å². The highest BCUT2D eigenvalue weighted by Gasteiger charge is 2.29. The highest BCUT2D eigenvalue weighted by molar-refractivity contribution is 5.95. The summed E-state index contributed by atoms with van der Waals surface area (Å²) in [7, 11) is 0. The Morgan fingerprint density at radius 2 is 1.96 bits per heavy atom. The van der Waals surface area contributed by atoms with Crippen molar-refractivity contribution in [1.29, 1.82) is 0 Å². The smallest absolute Gasteiger partial charge is 0.254 e. The summed E-state index contributed by atoms with van der Waals surface area (Å²) in [6.45, 7) is 11.7. The first-order valence-electron chi connectivity index (χ1n) is 9.19. The first kappa shape index (κ1) is 18.1. The van der Waals surface area contributed by atoms with E-state index in [4.69, 9.17) is 4.74 Å². The van der Waals surface area contributed by atoms with Crippen LogP contribution in [0.3, 0.4) is 0 Å². The SMILES string of the molecule is CCN1CCN(c2ccc(C(=O)N3C[C@@H](C)OC[C@@H]3C)cc2F)CC1. The lowest BCUT2D eigenvalue weighted by molar-refractivity contribution is -0.0387. The molecule has 0 bridgehead atoms. The predicted octanol–water partition coefficient (Wildman–Crippen LogP) is 2.22. The van der Waals surface area contributed by atoms with E-state index < -0.39 is 0 Å². The number of hydrogen-bond acceptors (Lipinski definition) is 4. The fourth-order valence-corrected chi connectivity index (χ4v) is 3.55. The molecule has 2 saturated heterocycles. The number of carbonyl (C=O) groups excluding carboxylic acids is 1. The average molecular weight is 349 g/mol. The van der Waals surface area contributed by atoms with Gasteiger partial charge in [-0.15, -0.1) is 0 Å². The standard InChI is InChI=1S/C19H28FN3O2/c1-4-21-7-9-22(10-8-21)18-6-5-16(11-17(18)20)19(24)23-12-15(3)25-13-14(23)2/h5-6,11,14-15H,4,7-10,12-13H2,1-3H3/t14-,15+/m0/s1. The molecule has 25 heavy (non-hydrogen) atoms. The van der Waals surface area contributed by atoms with Crippen molar-refractivity contribution in [2.75, 3.05) is 50.8 Å². The van der Waals surface area contributed by atoms with Crippen molar-refractivity contribution in [2.45, 2.75) is 32.9 Å². The number of piperazine rings is 1. The van der Waals surface area contributed by atoms with Gasteiger partial charge in [0.1, 0.15) is 5.82 Å². The molecule has 0 aliphatic carbocycles. The molecule has 6 heteroatoms. The van der Waals surface area contributed by atoms with Gasteiger partial charge in [-0.2, -0.15) is 0 Å². The van der Waals surface area contributed by atoms with Crippen LogP contribution in [0.5, 0.6) is 0 Å². The van der Waals surface area contributed by atoms with E-state index in [1.165, 1.54) is 6.07 Å². The van der Waals surface area contributed by atoms with E-state index in [2.05, 4.69) is 16.7 Å². The molecule has 2 fully saturated rings. The summed E-state index contributed by atoms with van der Waals surface area (Å²) in [6, 6.07) is 4.89. The number of anilines is 1. The zero-order valence-corrected chi connectivity index (χ0v) is 15.4. The summed E-state index contributed by atoms with van der Waals surface area (Å²) in [5, 5.41) is 0. The summed E-state index contributed by atoms with van der Waals surface area (Å²) in [4.78, 5) is 19.0. The van der Waals surface area contributed by atoms with E-state index in [0.29, 0.717) is 24.4 Å². The third kappa shape index (κ3) is 3.96. The monoisotopic (exact) mass is 349 g/mol. The van der Waals surface area contributed by atoms with Gasteiger partial charge in [0, 0.05) is 38.3 Å². The Hall–Kier alpha value is -1.66. The van der Waals surface area contributed by atoms with Gasteiger partial charge in [-0.25, -0.2) is 4.39 Å². The molecule has 0 aromatic heterocycles. The maximum atomic E-state index is 14.7. The number of amides is 1. The predicted molar refractivity (Wildman–Crippen MR) is 96.6 cm³/mol. The largest absolute Gasteiger partial charge is 0.375 e. The van der Waals surface area contributed by atoms with Gasteiger partial charge in [0.05, 0.1) is 24.4 Å². The molecule has 0 unspecified atom stereocenters. The van der Waals surface area contributed by atoms with Crippen molar-refractivity contribution in [2.24, 2.45) is 0 Å². The van der Waals surface area contributed by atoms with E-state index in [9.17, 15) is 9.18 Å². The van der Waals surface area contributed by atoms with E-state index in [0.717, 1.165) is 32.7 Å². The van der Waals surface area contributed by atoms with Crippen LogP contribution in [0, 0.1) is 5.82 Å². The van der Waals surface area contributed by atoms with Gasteiger partial charge in [-0.3, -0.25) is 4.79 Å². The van der Waals surface area contributed by atoms with Crippen molar-refractivity contribution in [3.05, 3.63) is 29.6 Å². The van der Waals surface area contributed by atoms with Crippen LogP contribution in [0.2, 0.25) is 0 Å². The molecule has 2 aliphatic rings. The third-order valence-electron chi connectivity index (χ3n) is 5.22. The van der Waals surface area contributed by atoms with Gasteiger partial charge in [0.2, 0.25) is 0 Å². The first-order chi connectivity index (χ1) is 12.0. The molecule has 2 atom stereocenters. The molecule has 1 aromatic carbocycles. The molecule has 2 heterocycles. The summed E-state index contributed by atoms with van der Waals surface area (Å²) in [5.41, 5.74) is 1.00. The van der Waals surface area contributed by atoms with Crippen LogP contribution in [0.4, 0.5) is 10.1 Å². The van der Waals surface area contributed by atoms with Crippen LogP contribution in [0.25, 0.3) is 0 Å². The molecule has 5 nitrogen and oxygen atoms in total. The minimum Gasteiger partial charge on any atom is -0.375 e. The molecule has 1 amide bonds. The van der Waals surface area contributed by atoms with Crippen molar-refractivity contribution >= 4 is 11.6 Å². The molecule has 2 aliphatic heterocycles. The number of benzene rings is 1. The Morgan fingerprint density at radius 3 is 2.60 bits per heavy atom. The Balaban J connectivity index is 1.72. The van der Waals surface area contributed by atoms with Gasteiger partial charge in [-0.05, 0) is 38.6 Å². The quantitative estimate of drug-likeness (QED) is 0.838. The second-order valence-electron chi connectivity index (χ2n) is 7.04. The minimum absolute atomic E-state index is 0.00793. The van der Waals surface area contributed by atoms with Crippen LogP contribution in [0.15, 0.2) is 18.2 Å². The molecular weight excluding hydrogens is 321 g/mol. The summed E-state index contributed by atoms with van der Waals surface area (Å²) in [6.07, 6.45) is 0.0131. The Kier molecular flexibility index (Phi) is 5.59. The second-order valence-corrected chi connectivity index (χ2v) is 7.04. The minimum atomic E-state index is -0.315. The molecule has 0 spiro atoms. The highest BCUT2D eigenvalue weighted by atomic mass is 19.1. The molecular formula is C19H28FN3O2. The molecule has 138 valence electrons. The fraction of sp³-hybridized carbons (Fsp3) is 0.632. The van der Waals surface area contributed by atoms with Crippen molar-refractivity contribution in [1.82, 2.24) is 9.80 Å². The number of hydrogen-bond donors (Lipinski definition) is 0. The van der Waals surface area contributed by atoms with Crippen molar-refractivity contribution < 1.29 is 13.9 Å². The van der Waals surface area contributed by atoms with E-state index in [-0.39, 0.29) is 23.9 Å². The number of likely N-dealkylation sites (N-methyl/N-ethyl adjacent to an activating group) is 1. The van der Waals surface area contributed by atoms with Gasteiger partial charge in [-0.1, -0.05) is 6.92 Å². The zero-order chi connectivity index (χ0) is 18.0. The Bertz CT molecular complexity index is 617. The number of ether oxygens (including phenoxy) is 1. The second kappa shape index (κ2) is 7.70.